The van der Waals surface area contributed by atoms with Crippen LogP contribution < -0.4 is 9.80 Å². The summed E-state index contributed by atoms with van der Waals surface area (Å²) in [7, 11) is 0. The highest BCUT2D eigenvalue weighted by Gasteiger charge is 2.24. The molecule has 0 spiro atoms. The van der Waals surface area contributed by atoms with E-state index in [2.05, 4.69) is 0 Å². The third-order valence-corrected chi connectivity index (χ3v) is 5.50. The van der Waals surface area contributed by atoms with E-state index >= 15 is 0 Å². The Bertz CT molecular complexity index is 860. The van der Waals surface area contributed by atoms with Gasteiger partial charge < -0.3 is 14.7 Å². The summed E-state index contributed by atoms with van der Waals surface area (Å²) in [6, 6.07) is 14.4. The molecule has 0 radical (unpaired) electrons. The Labute approximate surface area is 164 Å². The van der Waals surface area contributed by atoms with Crippen molar-refractivity contribution in [3.05, 3.63) is 59.9 Å². The third kappa shape index (κ3) is 3.86. The number of para-hydroxylation sites is 1. The standard InChI is InChI=1S/C22H24FN3O2/c23-19-4-1-2-5-20(19)24-12-14-25(15-13-24)22(28)16-17-7-9-18(10-8-17)26-11-3-6-21(26)27/h1-2,4-5,7-10H,3,6,11-16H2. The van der Waals surface area contributed by atoms with Crippen molar-refractivity contribution in [2.75, 3.05) is 42.5 Å². The predicted octanol–water partition coefficient (Wildman–Crippen LogP) is 2.84. The lowest BCUT2D eigenvalue weighted by Gasteiger charge is -2.36. The number of anilines is 2. The molecule has 2 fully saturated rings. The fourth-order valence-corrected chi connectivity index (χ4v) is 3.91. The zero-order chi connectivity index (χ0) is 19.5. The van der Waals surface area contributed by atoms with Gasteiger partial charge in [-0.3, -0.25) is 9.59 Å². The molecule has 28 heavy (non-hydrogen) atoms. The van der Waals surface area contributed by atoms with E-state index in [0.717, 1.165) is 24.2 Å². The molecular formula is C22H24FN3O2. The zero-order valence-electron chi connectivity index (χ0n) is 15.8. The molecule has 0 atom stereocenters. The van der Waals surface area contributed by atoms with E-state index in [1.165, 1.54) is 6.07 Å². The van der Waals surface area contributed by atoms with Crippen molar-refractivity contribution in [2.24, 2.45) is 0 Å². The minimum Gasteiger partial charge on any atom is -0.366 e. The van der Waals surface area contributed by atoms with Gasteiger partial charge in [-0.15, -0.1) is 0 Å². The number of piperazine rings is 1. The molecule has 0 bridgehead atoms. The van der Waals surface area contributed by atoms with Gasteiger partial charge in [-0.05, 0) is 36.2 Å². The molecule has 2 amide bonds. The number of rotatable bonds is 4. The van der Waals surface area contributed by atoms with Crippen molar-refractivity contribution < 1.29 is 14.0 Å². The van der Waals surface area contributed by atoms with Crippen LogP contribution in [0.4, 0.5) is 15.8 Å². The first-order chi connectivity index (χ1) is 13.6. The van der Waals surface area contributed by atoms with Crippen LogP contribution in [0, 0.1) is 5.82 Å². The van der Waals surface area contributed by atoms with Gasteiger partial charge in [0, 0.05) is 44.8 Å². The first-order valence-corrected chi connectivity index (χ1v) is 9.78. The van der Waals surface area contributed by atoms with Gasteiger partial charge in [-0.25, -0.2) is 4.39 Å². The highest BCUT2D eigenvalue weighted by Crippen LogP contribution is 2.23. The van der Waals surface area contributed by atoms with Crippen molar-refractivity contribution >= 4 is 23.2 Å². The lowest BCUT2D eigenvalue weighted by Crippen LogP contribution is -2.49. The van der Waals surface area contributed by atoms with E-state index in [1.54, 1.807) is 17.0 Å². The fraction of sp³-hybridized carbons (Fsp3) is 0.364. The van der Waals surface area contributed by atoms with E-state index in [4.69, 9.17) is 0 Å². The van der Waals surface area contributed by atoms with Crippen LogP contribution in [0.2, 0.25) is 0 Å². The van der Waals surface area contributed by atoms with Crippen molar-refractivity contribution in [3.8, 4) is 0 Å². The average Bonchev–Trinajstić information content (AvgIpc) is 3.15. The second-order valence-electron chi connectivity index (χ2n) is 7.31. The molecule has 2 aromatic carbocycles. The van der Waals surface area contributed by atoms with Crippen LogP contribution in [-0.4, -0.2) is 49.4 Å². The van der Waals surface area contributed by atoms with Gasteiger partial charge in [-0.2, -0.15) is 0 Å². The third-order valence-electron chi connectivity index (χ3n) is 5.50. The molecule has 6 heteroatoms. The SMILES string of the molecule is O=C(Cc1ccc(N2CCCC2=O)cc1)N1CCN(c2ccccc2F)CC1. The molecule has 2 aliphatic rings. The second-order valence-corrected chi connectivity index (χ2v) is 7.31. The van der Waals surface area contributed by atoms with Crippen LogP contribution in [0.3, 0.4) is 0 Å². The Morgan fingerprint density at radius 1 is 0.929 bits per heavy atom. The number of carbonyl (C=O) groups excluding carboxylic acids is 2. The molecule has 0 saturated carbocycles. The van der Waals surface area contributed by atoms with Gasteiger partial charge in [0.1, 0.15) is 5.82 Å². The summed E-state index contributed by atoms with van der Waals surface area (Å²) >= 11 is 0. The Morgan fingerprint density at radius 2 is 1.64 bits per heavy atom. The van der Waals surface area contributed by atoms with Crippen molar-refractivity contribution in [3.63, 3.8) is 0 Å². The van der Waals surface area contributed by atoms with Crippen LogP contribution in [-0.2, 0) is 16.0 Å². The van der Waals surface area contributed by atoms with Gasteiger partial charge in [0.05, 0.1) is 12.1 Å². The lowest BCUT2D eigenvalue weighted by atomic mass is 10.1. The minimum atomic E-state index is -0.223. The first-order valence-electron chi connectivity index (χ1n) is 9.78. The molecule has 0 unspecified atom stereocenters. The molecule has 4 rings (SSSR count). The first kappa shape index (κ1) is 18.5. The highest BCUT2D eigenvalue weighted by molar-refractivity contribution is 5.95. The van der Waals surface area contributed by atoms with Crippen LogP contribution in [0.15, 0.2) is 48.5 Å². The molecule has 2 aromatic rings. The molecule has 2 saturated heterocycles. The van der Waals surface area contributed by atoms with Gasteiger partial charge >= 0.3 is 0 Å². The van der Waals surface area contributed by atoms with Crippen LogP contribution >= 0.6 is 0 Å². The number of nitrogens with zero attached hydrogens (tertiary/aromatic N) is 3. The molecular weight excluding hydrogens is 357 g/mol. The Kier molecular flexibility index (Phi) is 5.28. The van der Waals surface area contributed by atoms with E-state index in [-0.39, 0.29) is 17.6 Å². The van der Waals surface area contributed by atoms with Gasteiger partial charge in [0.2, 0.25) is 11.8 Å². The predicted molar refractivity (Wildman–Crippen MR) is 107 cm³/mol. The van der Waals surface area contributed by atoms with Crippen molar-refractivity contribution in [1.82, 2.24) is 4.90 Å². The summed E-state index contributed by atoms with van der Waals surface area (Å²) in [4.78, 5) is 30.1. The Morgan fingerprint density at radius 3 is 2.29 bits per heavy atom. The number of amides is 2. The van der Waals surface area contributed by atoms with Crippen molar-refractivity contribution in [2.45, 2.75) is 19.3 Å². The van der Waals surface area contributed by atoms with Gasteiger partial charge in [-0.1, -0.05) is 24.3 Å². The minimum absolute atomic E-state index is 0.0817. The van der Waals surface area contributed by atoms with Crippen molar-refractivity contribution in [1.29, 1.82) is 0 Å². The molecule has 0 N–H and O–H groups in total. The Balaban J connectivity index is 1.32. The molecule has 2 aliphatic heterocycles. The van der Waals surface area contributed by atoms with Crippen LogP contribution in [0.1, 0.15) is 18.4 Å². The second kappa shape index (κ2) is 8.00. The van der Waals surface area contributed by atoms with Crippen LogP contribution in [0.25, 0.3) is 0 Å². The largest absolute Gasteiger partial charge is 0.366 e. The summed E-state index contributed by atoms with van der Waals surface area (Å²) in [6.07, 6.45) is 1.85. The van der Waals surface area contributed by atoms with E-state index in [9.17, 15) is 14.0 Å². The maximum atomic E-state index is 13.9. The fourth-order valence-electron chi connectivity index (χ4n) is 3.91. The molecule has 2 heterocycles. The average molecular weight is 381 g/mol. The highest BCUT2D eigenvalue weighted by atomic mass is 19.1. The number of carbonyl (C=O) groups is 2. The summed E-state index contributed by atoms with van der Waals surface area (Å²) < 4.78 is 13.9. The normalized spacial score (nSPS) is 17.3. The quantitative estimate of drug-likeness (QED) is 0.818. The lowest BCUT2D eigenvalue weighted by molar-refractivity contribution is -0.130. The number of benzene rings is 2. The summed E-state index contributed by atoms with van der Waals surface area (Å²) in [5.41, 5.74) is 2.44. The van der Waals surface area contributed by atoms with Gasteiger partial charge in [0.15, 0.2) is 0 Å². The smallest absolute Gasteiger partial charge is 0.227 e. The molecule has 5 nitrogen and oxygen atoms in total. The summed E-state index contributed by atoms with van der Waals surface area (Å²) in [5.74, 6) is 0.0218. The number of hydrogen-bond acceptors (Lipinski definition) is 3. The monoisotopic (exact) mass is 381 g/mol. The maximum absolute atomic E-state index is 13.9. The van der Waals surface area contributed by atoms with E-state index in [0.29, 0.717) is 44.7 Å². The number of halogens is 1. The summed E-state index contributed by atoms with van der Waals surface area (Å²) in [6.45, 7) is 3.20. The van der Waals surface area contributed by atoms with E-state index in [1.807, 2.05) is 40.1 Å². The van der Waals surface area contributed by atoms with Crippen LogP contribution in [0.5, 0.6) is 0 Å². The molecule has 0 aromatic heterocycles. The molecule has 146 valence electrons. The van der Waals surface area contributed by atoms with E-state index < -0.39 is 0 Å². The topological polar surface area (TPSA) is 43.9 Å². The zero-order valence-corrected chi connectivity index (χ0v) is 15.8. The maximum Gasteiger partial charge on any atom is 0.227 e. The molecule has 0 aliphatic carbocycles. The summed E-state index contributed by atoms with van der Waals surface area (Å²) in [5, 5.41) is 0. The Hall–Kier alpha value is -2.89. The number of hydrogen-bond donors (Lipinski definition) is 0. The van der Waals surface area contributed by atoms with Gasteiger partial charge in [0.25, 0.3) is 0 Å².